The van der Waals surface area contributed by atoms with Crippen LogP contribution in [0.5, 0.6) is 0 Å². The van der Waals surface area contributed by atoms with Gasteiger partial charge in [0.25, 0.3) is 0 Å². The first-order chi connectivity index (χ1) is 10.3. The fourth-order valence-corrected chi connectivity index (χ4v) is 2.35. The van der Waals surface area contributed by atoms with Gasteiger partial charge in [-0.2, -0.15) is 0 Å². The van der Waals surface area contributed by atoms with Crippen LogP contribution in [0.25, 0.3) is 0 Å². The SMILES string of the molecule is C=NC(=N)C(CC(C)C)NC(=O)CCCCCC(C)C(C)C. The van der Waals surface area contributed by atoms with Crippen molar-refractivity contribution in [2.75, 3.05) is 0 Å². The molecule has 0 saturated carbocycles. The van der Waals surface area contributed by atoms with E-state index in [2.05, 4.69) is 51.6 Å². The van der Waals surface area contributed by atoms with E-state index in [-0.39, 0.29) is 17.8 Å². The van der Waals surface area contributed by atoms with Gasteiger partial charge in [-0.1, -0.05) is 53.9 Å². The second-order valence-corrected chi connectivity index (χ2v) is 7.11. The quantitative estimate of drug-likeness (QED) is 0.331. The maximum Gasteiger partial charge on any atom is 0.220 e. The van der Waals surface area contributed by atoms with Gasteiger partial charge in [-0.3, -0.25) is 10.2 Å². The van der Waals surface area contributed by atoms with Gasteiger partial charge in [0.15, 0.2) is 0 Å². The molecule has 0 aliphatic carbocycles. The minimum Gasteiger partial charge on any atom is -0.346 e. The molecule has 0 saturated heterocycles. The van der Waals surface area contributed by atoms with E-state index < -0.39 is 0 Å². The third kappa shape index (κ3) is 9.69. The van der Waals surface area contributed by atoms with Crippen LogP contribution in [0.2, 0.25) is 0 Å². The topological polar surface area (TPSA) is 65.3 Å². The predicted octanol–water partition coefficient (Wildman–Crippen LogP) is 4.44. The van der Waals surface area contributed by atoms with E-state index >= 15 is 0 Å². The lowest BCUT2D eigenvalue weighted by Gasteiger charge is -2.19. The van der Waals surface area contributed by atoms with Crippen LogP contribution in [-0.2, 0) is 4.79 Å². The van der Waals surface area contributed by atoms with E-state index in [1.165, 1.54) is 12.8 Å². The summed E-state index contributed by atoms with van der Waals surface area (Å²) in [7, 11) is 0. The summed E-state index contributed by atoms with van der Waals surface area (Å²) in [6.45, 7) is 14.3. The molecule has 2 N–H and O–H groups in total. The summed E-state index contributed by atoms with van der Waals surface area (Å²) in [5.41, 5.74) is 0. The van der Waals surface area contributed by atoms with Crippen LogP contribution in [0, 0.1) is 23.2 Å². The van der Waals surface area contributed by atoms with Crippen LogP contribution in [0.15, 0.2) is 4.99 Å². The molecule has 0 fully saturated rings. The van der Waals surface area contributed by atoms with Crippen molar-refractivity contribution in [3.8, 4) is 0 Å². The number of amides is 1. The van der Waals surface area contributed by atoms with E-state index in [1.54, 1.807) is 0 Å². The highest BCUT2D eigenvalue weighted by molar-refractivity contribution is 5.91. The van der Waals surface area contributed by atoms with Gasteiger partial charge in [-0.25, -0.2) is 4.99 Å². The van der Waals surface area contributed by atoms with E-state index in [4.69, 9.17) is 5.41 Å². The van der Waals surface area contributed by atoms with Gasteiger partial charge >= 0.3 is 0 Å². The molecule has 0 aromatic carbocycles. The zero-order chi connectivity index (χ0) is 17.1. The van der Waals surface area contributed by atoms with Crippen molar-refractivity contribution in [3.63, 3.8) is 0 Å². The number of unbranched alkanes of at least 4 members (excludes halogenated alkanes) is 2. The van der Waals surface area contributed by atoms with Crippen LogP contribution in [0.4, 0.5) is 0 Å². The van der Waals surface area contributed by atoms with Crippen molar-refractivity contribution in [3.05, 3.63) is 0 Å². The Kier molecular flexibility index (Phi) is 10.8. The molecule has 0 aliphatic heterocycles. The Bertz CT molecular complexity index is 350. The molecule has 0 heterocycles. The first-order valence-electron chi connectivity index (χ1n) is 8.62. The second kappa shape index (κ2) is 11.4. The Labute approximate surface area is 136 Å². The van der Waals surface area contributed by atoms with Gasteiger partial charge in [-0.05, 0) is 37.3 Å². The highest BCUT2D eigenvalue weighted by Crippen LogP contribution is 2.18. The molecular weight excluding hydrogens is 274 g/mol. The molecule has 1 amide bonds. The fourth-order valence-electron chi connectivity index (χ4n) is 2.35. The predicted molar refractivity (Wildman–Crippen MR) is 95.7 cm³/mol. The number of aliphatic imine (C=N–C) groups is 1. The Morgan fingerprint density at radius 3 is 2.27 bits per heavy atom. The third-order valence-corrected chi connectivity index (χ3v) is 4.24. The van der Waals surface area contributed by atoms with Crippen LogP contribution in [0.1, 0.15) is 73.1 Å². The van der Waals surface area contributed by atoms with Gasteiger partial charge < -0.3 is 5.32 Å². The van der Waals surface area contributed by atoms with Crippen LogP contribution >= 0.6 is 0 Å². The first-order valence-corrected chi connectivity index (χ1v) is 8.62. The minimum atomic E-state index is -0.300. The average molecular weight is 309 g/mol. The summed E-state index contributed by atoms with van der Waals surface area (Å²) in [6.07, 6.45) is 5.70. The minimum absolute atomic E-state index is 0.0240. The van der Waals surface area contributed by atoms with Crippen LogP contribution in [-0.4, -0.2) is 24.5 Å². The summed E-state index contributed by atoms with van der Waals surface area (Å²) in [5, 5.41) is 10.7. The summed E-state index contributed by atoms with van der Waals surface area (Å²) in [5.74, 6) is 2.08. The van der Waals surface area contributed by atoms with Crippen molar-refractivity contribution in [1.82, 2.24) is 5.32 Å². The Morgan fingerprint density at radius 2 is 1.77 bits per heavy atom. The molecule has 4 heteroatoms. The molecule has 4 nitrogen and oxygen atoms in total. The molecule has 0 spiro atoms. The van der Waals surface area contributed by atoms with Crippen molar-refractivity contribution in [1.29, 1.82) is 5.41 Å². The molecule has 0 aromatic rings. The molecule has 0 aromatic heterocycles. The average Bonchev–Trinajstić information content (AvgIpc) is 2.44. The summed E-state index contributed by atoms with van der Waals surface area (Å²) in [4.78, 5) is 15.6. The molecule has 0 aliphatic rings. The molecule has 0 rings (SSSR count). The fraction of sp³-hybridized carbons (Fsp3) is 0.833. The lowest BCUT2D eigenvalue weighted by atomic mass is 9.92. The lowest BCUT2D eigenvalue weighted by molar-refractivity contribution is -0.121. The molecule has 2 unspecified atom stereocenters. The Balaban J connectivity index is 4.00. The number of carbonyl (C=O) groups is 1. The maximum absolute atomic E-state index is 12.0. The number of amidine groups is 1. The molecular formula is C18H35N3O. The normalized spacial score (nSPS) is 14.0. The van der Waals surface area contributed by atoms with E-state index in [9.17, 15) is 4.79 Å². The van der Waals surface area contributed by atoms with Crippen LogP contribution in [0.3, 0.4) is 0 Å². The van der Waals surface area contributed by atoms with Gasteiger partial charge in [0, 0.05) is 6.42 Å². The van der Waals surface area contributed by atoms with E-state index in [0.29, 0.717) is 12.3 Å². The molecule has 128 valence electrons. The number of nitrogens with zero attached hydrogens (tertiary/aromatic N) is 1. The summed E-state index contributed by atoms with van der Waals surface area (Å²) >= 11 is 0. The van der Waals surface area contributed by atoms with Crippen molar-refractivity contribution >= 4 is 18.5 Å². The standard InChI is InChI=1S/C18H35N3O/c1-13(2)12-16(18(19)20-6)21-17(22)11-9-7-8-10-15(5)14(3)4/h13-16,19H,6-12H2,1-5H3,(H,21,22). The maximum atomic E-state index is 12.0. The van der Waals surface area contributed by atoms with E-state index in [0.717, 1.165) is 31.1 Å². The number of carbonyl (C=O) groups excluding carboxylic acids is 1. The van der Waals surface area contributed by atoms with Gasteiger partial charge in [-0.15, -0.1) is 0 Å². The molecule has 0 radical (unpaired) electrons. The third-order valence-electron chi connectivity index (χ3n) is 4.24. The molecule has 2 atom stereocenters. The number of nitrogens with one attached hydrogen (secondary N) is 2. The number of hydrogen-bond donors (Lipinski definition) is 2. The first kappa shape index (κ1) is 20.8. The summed E-state index contributed by atoms with van der Waals surface area (Å²) < 4.78 is 0. The number of rotatable bonds is 11. The monoisotopic (exact) mass is 309 g/mol. The largest absolute Gasteiger partial charge is 0.346 e. The van der Waals surface area contributed by atoms with Crippen molar-refractivity contribution in [2.24, 2.45) is 22.7 Å². The molecule has 0 bridgehead atoms. The zero-order valence-corrected chi connectivity index (χ0v) is 15.1. The van der Waals surface area contributed by atoms with Gasteiger partial charge in [0.1, 0.15) is 5.84 Å². The number of hydrogen-bond acceptors (Lipinski definition) is 2. The van der Waals surface area contributed by atoms with E-state index in [1.807, 2.05) is 0 Å². The zero-order valence-electron chi connectivity index (χ0n) is 15.1. The Hall–Kier alpha value is -1.19. The highest BCUT2D eigenvalue weighted by atomic mass is 16.1. The van der Waals surface area contributed by atoms with Gasteiger partial charge in [0.05, 0.1) is 6.04 Å². The van der Waals surface area contributed by atoms with Crippen LogP contribution < -0.4 is 5.32 Å². The van der Waals surface area contributed by atoms with Crippen molar-refractivity contribution < 1.29 is 4.79 Å². The lowest BCUT2D eigenvalue weighted by Crippen LogP contribution is -2.40. The van der Waals surface area contributed by atoms with Gasteiger partial charge in [0.2, 0.25) is 5.91 Å². The molecule has 22 heavy (non-hydrogen) atoms. The Morgan fingerprint density at radius 1 is 1.14 bits per heavy atom. The smallest absolute Gasteiger partial charge is 0.220 e. The highest BCUT2D eigenvalue weighted by Gasteiger charge is 2.17. The second-order valence-electron chi connectivity index (χ2n) is 7.11. The van der Waals surface area contributed by atoms with Crippen molar-refractivity contribution in [2.45, 2.75) is 79.2 Å². The summed E-state index contributed by atoms with van der Waals surface area (Å²) in [6, 6.07) is -0.300.